The molecule has 2 aliphatic rings. The Bertz CT molecular complexity index is 1200. The highest BCUT2D eigenvalue weighted by atomic mass is 19.4. The van der Waals surface area contributed by atoms with Crippen LogP contribution < -0.4 is 5.32 Å². The zero-order valence-electron chi connectivity index (χ0n) is 20.7. The van der Waals surface area contributed by atoms with Crippen LogP contribution in [0.4, 0.5) is 26.3 Å². The van der Waals surface area contributed by atoms with E-state index in [1.807, 2.05) is 42.7 Å². The van der Waals surface area contributed by atoms with Crippen molar-refractivity contribution in [1.29, 1.82) is 5.26 Å². The van der Waals surface area contributed by atoms with E-state index in [9.17, 15) is 31.1 Å². The van der Waals surface area contributed by atoms with E-state index in [4.69, 9.17) is 25.1 Å². The molecule has 216 valence electrons. The summed E-state index contributed by atoms with van der Waals surface area (Å²) in [6.07, 6.45) is -4.09. The number of carboxylic acid groups (broad SMARTS) is 2. The molecule has 2 aromatic rings. The molecule has 0 radical (unpaired) electrons. The molecule has 1 aromatic carbocycles. The van der Waals surface area contributed by atoms with Gasteiger partial charge in [-0.3, -0.25) is 14.7 Å². The van der Waals surface area contributed by atoms with E-state index >= 15 is 0 Å². The Morgan fingerprint density at radius 3 is 2.02 bits per heavy atom. The number of aliphatic carboxylic acids is 2. The van der Waals surface area contributed by atoms with Gasteiger partial charge < -0.3 is 15.5 Å². The van der Waals surface area contributed by atoms with Gasteiger partial charge in [-0.2, -0.15) is 31.6 Å². The number of nitrogens with zero attached hydrogens (tertiary/aromatic N) is 3. The van der Waals surface area contributed by atoms with E-state index in [-0.39, 0.29) is 17.4 Å². The monoisotopic (exact) mass is 574 g/mol. The number of halogens is 6. The van der Waals surface area contributed by atoms with Crippen LogP contribution >= 0.6 is 0 Å². The Kier molecular flexibility index (Phi) is 10.6. The predicted octanol–water partition coefficient (Wildman–Crippen LogP) is 3.86. The van der Waals surface area contributed by atoms with Crippen molar-refractivity contribution in [3.63, 3.8) is 0 Å². The molecule has 40 heavy (non-hydrogen) atoms. The van der Waals surface area contributed by atoms with Gasteiger partial charge in [-0.25, -0.2) is 9.59 Å². The minimum atomic E-state index is -5.08. The van der Waals surface area contributed by atoms with Crippen molar-refractivity contribution in [2.24, 2.45) is 0 Å². The molecule has 2 saturated heterocycles. The third-order valence-electron chi connectivity index (χ3n) is 6.25. The molecule has 1 atom stereocenters. The first-order chi connectivity index (χ1) is 18.6. The number of hydrogen-bond donors (Lipinski definition) is 3. The average Bonchev–Trinajstić information content (AvgIpc) is 3.21. The van der Waals surface area contributed by atoms with Gasteiger partial charge >= 0.3 is 24.3 Å². The van der Waals surface area contributed by atoms with Crippen molar-refractivity contribution < 1.29 is 50.9 Å². The van der Waals surface area contributed by atoms with Gasteiger partial charge in [0, 0.05) is 49.9 Å². The number of carboxylic acids is 2. The molecule has 0 saturated carbocycles. The minimum Gasteiger partial charge on any atom is -0.475 e. The number of nitrogens with one attached hydrogen (secondary N) is 1. The lowest BCUT2D eigenvalue weighted by Gasteiger charge is -2.43. The third kappa shape index (κ3) is 9.23. The number of likely N-dealkylation sites (tertiary alicyclic amines) is 1. The number of carbonyl (C=O) groups is 3. The summed E-state index contributed by atoms with van der Waals surface area (Å²) in [5.41, 5.74) is 2.94. The summed E-state index contributed by atoms with van der Waals surface area (Å²) in [5.74, 6) is -5.14. The van der Waals surface area contributed by atoms with E-state index in [0.717, 1.165) is 32.5 Å². The maximum atomic E-state index is 12.2. The molecule has 2 fully saturated rings. The number of piperidine rings is 1. The van der Waals surface area contributed by atoms with Crippen molar-refractivity contribution in [2.75, 3.05) is 13.1 Å². The number of benzene rings is 1. The summed E-state index contributed by atoms with van der Waals surface area (Å²) >= 11 is 0. The van der Waals surface area contributed by atoms with Gasteiger partial charge in [0.25, 0.3) is 0 Å². The van der Waals surface area contributed by atoms with Crippen molar-refractivity contribution in [1.82, 2.24) is 15.2 Å². The number of aromatic nitrogens is 1. The highest BCUT2D eigenvalue weighted by Gasteiger charge is 2.48. The molecule has 1 aromatic heterocycles. The van der Waals surface area contributed by atoms with E-state index in [0.29, 0.717) is 12.0 Å². The zero-order valence-corrected chi connectivity index (χ0v) is 20.7. The molecule has 0 aliphatic carbocycles. The standard InChI is InChI=1S/C21H22N4O.2C2HF3O2/c22-14-16-2-1-3-17(12-16)15-25-10-6-21(7-11-25)19(13-20(26)24-21)18-4-8-23-9-5-18;2*3-2(4,5)1(6)7/h1-5,8-9,12,19H,6-7,10-11,13,15H2,(H,24,26);2*(H,6,7). The first-order valence-electron chi connectivity index (χ1n) is 11.6. The number of amides is 1. The number of rotatable bonds is 3. The van der Waals surface area contributed by atoms with Crippen LogP contribution in [-0.2, 0) is 20.9 Å². The quantitative estimate of drug-likeness (QED) is 0.469. The van der Waals surface area contributed by atoms with E-state index in [1.54, 1.807) is 0 Å². The smallest absolute Gasteiger partial charge is 0.475 e. The largest absolute Gasteiger partial charge is 0.490 e. The first kappa shape index (κ1) is 32.0. The summed E-state index contributed by atoms with van der Waals surface area (Å²) in [6, 6.07) is 14.1. The van der Waals surface area contributed by atoms with Crippen LogP contribution in [0.2, 0.25) is 0 Å². The lowest BCUT2D eigenvalue weighted by atomic mass is 9.74. The van der Waals surface area contributed by atoms with Crippen molar-refractivity contribution >= 4 is 17.8 Å². The zero-order chi connectivity index (χ0) is 30.1. The second-order valence-corrected chi connectivity index (χ2v) is 8.94. The summed E-state index contributed by atoms with van der Waals surface area (Å²) in [5, 5.41) is 26.6. The Morgan fingerprint density at radius 1 is 1.02 bits per heavy atom. The molecular formula is C25H24F6N4O5. The number of nitriles is 1. The normalized spacial score (nSPS) is 18.3. The van der Waals surface area contributed by atoms with Gasteiger partial charge in [0.15, 0.2) is 0 Å². The second kappa shape index (κ2) is 13.2. The number of pyridine rings is 1. The molecule has 1 amide bonds. The highest BCUT2D eigenvalue weighted by molar-refractivity contribution is 5.81. The molecule has 3 heterocycles. The van der Waals surface area contributed by atoms with Crippen molar-refractivity contribution in [3.05, 3.63) is 65.5 Å². The summed E-state index contributed by atoms with van der Waals surface area (Å²) in [4.78, 5) is 36.5. The predicted molar refractivity (Wildman–Crippen MR) is 126 cm³/mol. The maximum absolute atomic E-state index is 12.2. The van der Waals surface area contributed by atoms with E-state index in [1.165, 1.54) is 11.1 Å². The maximum Gasteiger partial charge on any atom is 0.490 e. The van der Waals surface area contributed by atoms with Crippen LogP contribution in [0.5, 0.6) is 0 Å². The Morgan fingerprint density at radius 2 is 1.55 bits per heavy atom. The van der Waals surface area contributed by atoms with Crippen LogP contribution in [0.25, 0.3) is 0 Å². The number of hydrogen-bond acceptors (Lipinski definition) is 6. The highest BCUT2D eigenvalue weighted by Crippen LogP contribution is 2.43. The number of alkyl halides is 6. The van der Waals surface area contributed by atoms with Gasteiger partial charge in [-0.15, -0.1) is 0 Å². The fourth-order valence-electron chi connectivity index (χ4n) is 4.41. The molecule has 4 rings (SSSR count). The number of carbonyl (C=O) groups excluding carboxylic acids is 1. The van der Waals surface area contributed by atoms with Crippen LogP contribution in [0.15, 0.2) is 48.8 Å². The second-order valence-electron chi connectivity index (χ2n) is 8.94. The van der Waals surface area contributed by atoms with Gasteiger partial charge in [0.05, 0.1) is 11.6 Å². The lowest BCUT2D eigenvalue weighted by molar-refractivity contribution is -0.193. The van der Waals surface area contributed by atoms with Crippen molar-refractivity contribution in [2.45, 2.75) is 49.6 Å². The molecule has 9 nitrogen and oxygen atoms in total. The lowest BCUT2D eigenvalue weighted by Crippen LogP contribution is -2.53. The minimum absolute atomic E-state index is 0.135. The van der Waals surface area contributed by atoms with Gasteiger partial charge in [-0.1, -0.05) is 12.1 Å². The topological polar surface area (TPSA) is 144 Å². The van der Waals surface area contributed by atoms with Gasteiger partial charge in [0.1, 0.15) is 0 Å². The molecule has 2 aliphatic heterocycles. The third-order valence-corrected chi connectivity index (χ3v) is 6.25. The molecule has 15 heteroatoms. The molecule has 1 unspecified atom stereocenters. The Labute approximate surface area is 224 Å². The van der Waals surface area contributed by atoms with E-state index < -0.39 is 24.3 Å². The summed E-state index contributed by atoms with van der Waals surface area (Å²) in [6.45, 7) is 2.73. The fourth-order valence-corrected chi connectivity index (χ4v) is 4.41. The first-order valence-corrected chi connectivity index (χ1v) is 11.6. The SMILES string of the molecule is N#Cc1cccc(CN2CCC3(CC2)NC(=O)CC3c2ccncc2)c1.O=C(O)C(F)(F)F.O=C(O)C(F)(F)F. The van der Waals surface area contributed by atoms with E-state index in [2.05, 4.69) is 27.3 Å². The van der Waals surface area contributed by atoms with Crippen LogP contribution in [0.3, 0.4) is 0 Å². The van der Waals surface area contributed by atoms with Gasteiger partial charge in [-0.05, 0) is 48.2 Å². The van der Waals surface area contributed by atoms with Crippen LogP contribution in [0.1, 0.15) is 41.9 Å². The summed E-state index contributed by atoms with van der Waals surface area (Å²) < 4.78 is 63.5. The van der Waals surface area contributed by atoms with Crippen molar-refractivity contribution in [3.8, 4) is 6.07 Å². The molecule has 1 spiro atoms. The van der Waals surface area contributed by atoms with Gasteiger partial charge in [0.2, 0.25) is 5.91 Å². The molecular weight excluding hydrogens is 550 g/mol. The summed E-state index contributed by atoms with van der Waals surface area (Å²) in [7, 11) is 0. The van der Waals surface area contributed by atoms with Crippen LogP contribution in [-0.4, -0.2) is 68.9 Å². The average molecular weight is 574 g/mol. The van der Waals surface area contributed by atoms with Crippen LogP contribution in [0, 0.1) is 11.3 Å². The Balaban J connectivity index is 0.000000333. The fraction of sp³-hybridized carbons (Fsp3) is 0.400. The Hall–Kier alpha value is -4.19. The molecule has 3 N–H and O–H groups in total. The molecule has 0 bridgehead atoms.